The zero-order valence-corrected chi connectivity index (χ0v) is 28.0. The number of aryl methyl sites for hydroxylation is 2. The van der Waals surface area contributed by atoms with Crippen molar-refractivity contribution in [1.82, 2.24) is 0 Å². The standard InChI is InChI=1S/C36H58O2S2/c1-5-7-9-11-13-15-17-19-21-23-25-31-27-33(29(3)37)39-35(31)36-32(28-34(40-36)30(4)38)26-24-22-20-18-16-14-12-10-8-6-2/h27-28H,5-26H2,1-4H3. The molecule has 0 saturated carbocycles. The molecule has 0 amide bonds. The van der Waals surface area contributed by atoms with Gasteiger partial charge in [0.05, 0.1) is 9.75 Å². The van der Waals surface area contributed by atoms with Gasteiger partial charge in [0.1, 0.15) is 0 Å². The lowest BCUT2D eigenvalue weighted by Gasteiger charge is -2.07. The first kappa shape index (κ1) is 34.9. The lowest BCUT2D eigenvalue weighted by Crippen LogP contribution is -1.90. The number of hydrogen-bond donors (Lipinski definition) is 0. The molecule has 0 aromatic carbocycles. The molecule has 0 aliphatic rings. The number of hydrogen-bond acceptors (Lipinski definition) is 4. The van der Waals surface area contributed by atoms with Crippen LogP contribution in [0.4, 0.5) is 0 Å². The molecule has 0 aliphatic carbocycles. The molecule has 2 rings (SSSR count). The van der Waals surface area contributed by atoms with Crippen LogP contribution in [-0.2, 0) is 12.8 Å². The van der Waals surface area contributed by atoms with E-state index in [-0.39, 0.29) is 11.6 Å². The average Bonchev–Trinajstić information content (AvgIpc) is 3.55. The SMILES string of the molecule is CCCCCCCCCCCCc1cc(C(C)=O)sc1-c1sc(C(C)=O)cc1CCCCCCCCCCCC. The van der Waals surface area contributed by atoms with Crippen molar-refractivity contribution in [2.75, 3.05) is 0 Å². The Morgan fingerprint density at radius 1 is 0.475 bits per heavy atom. The molecular weight excluding hydrogens is 529 g/mol. The summed E-state index contributed by atoms with van der Waals surface area (Å²) in [7, 11) is 0. The van der Waals surface area contributed by atoms with Crippen LogP contribution < -0.4 is 0 Å². The molecule has 0 bridgehead atoms. The summed E-state index contributed by atoms with van der Waals surface area (Å²) in [5.74, 6) is 0.306. The first-order chi connectivity index (χ1) is 19.5. The normalized spacial score (nSPS) is 11.4. The minimum atomic E-state index is 0.153. The summed E-state index contributed by atoms with van der Waals surface area (Å²) in [6.07, 6.45) is 28.7. The monoisotopic (exact) mass is 586 g/mol. The fraction of sp³-hybridized carbons (Fsp3) is 0.722. The van der Waals surface area contributed by atoms with E-state index in [0.717, 1.165) is 22.6 Å². The van der Waals surface area contributed by atoms with Gasteiger partial charge in [-0.3, -0.25) is 9.59 Å². The quantitative estimate of drug-likeness (QED) is 0.0856. The van der Waals surface area contributed by atoms with E-state index in [2.05, 4.69) is 26.0 Å². The van der Waals surface area contributed by atoms with E-state index in [1.165, 1.54) is 149 Å². The molecule has 40 heavy (non-hydrogen) atoms. The van der Waals surface area contributed by atoms with Gasteiger partial charge in [-0.05, 0) is 62.8 Å². The number of Topliss-reactive ketones (excluding diaryl/α,β-unsaturated/α-hetero) is 2. The van der Waals surface area contributed by atoms with Crippen LogP contribution in [0, 0.1) is 0 Å². The number of carbonyl (C=O) groups is 2. The molecule has 2 aromatic rings. The maximum Gasteiger partial charge on any atom is 0.169 e. The van der Waals surface area contributed by atoms with E-state index in [1.54, 1.807) is 36.5 Å². The van der Waals surface area contributed by atoms with Crippen LogP contribution in [0.25, 0.3) is 9.75 Å². The smallest absolute Gasteiger partial charge is 0.169 e. The fourth-order valence-corrected chi connectivity index (χ4v) is 7.98. The zero-order chi connectivity index (χ0) is 29.0. The Balaban J connectivity index is 1.91. The van der Waals surface area contributed by atoms with E-state index < -0.39 is 0 Å². The van der Waals surface area contributed by atoms with E-state index in [1.807, 2.05) is 0 Å². The highest BCUT2D eigenvalue weighted by atomic mass is 32.1. The summed E-state index contributed by atoms with van der Waals surface area (Å²) < 4.78 is 0. The topological polar surface area (TPSA) is 34.1 Å². The second-order valence-electron chi connectivity index (χ2n) is 11.9. The lowest BCUT2D eigenvalue weighted by molar-refractivity contribution is 0.101. The average molecular weight is 587 g/mol. The Kier molecular flexibility index (Phi) is 18.7. The Morgan fingerprint density at radius 2 is 0.750 bits per heavy atom. The lowest BCUT2D eigenvalue weighted by atomic mass is 10.0. The van der Waals surface area contributed by atoms with Crippen molar-refractivity contribution in [3.05, 3.63) is 33.0 Å². The minimum Gasteiger partial charge on any atom is -0.294 e. The molecule has 4 heteroatoms. The first-order valence-corrected chi connectivity index (χ1v) is 18.4. The van der Waals surface area contributed by atoms with Crippen molar-refractivity contribution >= 4 is 34.2 Å². The molecule has 0 fully saturated rings. The molecule has 0 unspecified atom stereocenters. The van der Waals surface area contributed by atoms with Gasteiger partial charge in [0, 0.05) is 9.75 Å². The minimum absolute atomic E-state index is 0.153. The summed E-state index contributed by atoms with van der Waals surface area (Å²) in [5, 5.41) is 0. The van der Waals surface area contributed by atoms with E-state index in [9.17, 15) is 9.59 Å². The van der Waals surface area contributed by atoms with Crippen LogP contribution in [0.15, 0.2) is 12.1 Å². The maximum absolute atomic E-state index is 12.3. The van der Waals surface area contributed by atoms with Gasteiger partial charge in [0.15, 0.2) is 11.6 Å². The summed E-state index contributed by atoms with van der Waals surface area (Å²) in [5.41, 5.74) is 2.63. The van der Waals surface area contributed by atoms with Crippen LogP contribution >= 0.6 is 22.7 Å². The summed E-state index contributed by atoms with van der Waals surface area (Å²) in [4.78, 5) is 28.9. The molecule has 2 heterocycles. The number of rotatable bonds is 25. The molecule has 2 aromatic heterocycles. The van der Waals surface area contributed by atoms with E-state index in [0.29, 0.717) is 0 Å². The molecule has 0 radical (unpaired) electrons. The first-order valence-electron chi connectivity index (χ1n) is 16.8. The molecular formula is C36H58O2S2. The fourth-order valence-electron chi connectivity index (χ4n) is 5.57. The molecule has 0 spiro atoms. The van der Waals surface area contributed by atoms with Crippen molar-refractivity contribution in [3.63, 3.8) is 0 Å². The number of carbonyl (C=O) groups excluding carboxylic acids is 2. The number of thiophene rings is 2. The van der Waals surface area contributed by atoms with Crippen LogP contribution in [0.3, 0.4) is 0 Å². The van der Waals surface area contributed by atoms with E-state index >= 15 is 0 Å². The van der Waals surface area contributed by atoms with Gasteiger partial charge in [-0.15, -0.1) is 22.7 Å². The van der Waals surface area contributed by atoms with Gasteiger partial charge in [-0.25, -0.2) is 0 Å². The molecule has 226 valence electrons. The third-order valence-electron chi connectivity index (χ3n) is 8.12. The van der Waals surface area contributed by atoms with Crippen molar-refractivity contribution in [1.29, 1.82) is 0 Å². The molecule has 2 nitrogen and oxygen atoms in total. The molecule has 0 atom stereocenters. The third kappa shape index (κ3) is 13.6. The van der Waals surface area contributed by atoms with Crippen molar-refractivity contribution in [2.24, 2.45) is 0 Å². The number of unbranched alkanes of at least 4 members (excludes halogenated alkanes) is 18. The Bertz CT molecular complexity index is 889. The van der Waals surface area contributed by atoms with Gasteiger partial charge in [-0.2, -0.15) is 0 Å². The van der Waals surface area contributed by atoms with Gasteiger partial charge in [0.25, 0.3) is 0 Å². The third-order valence-corrected chi connectivity index (χ3v) is 10.8. The van der Waals surface area contributed by atoms with Crippen LogP contribution in [0.5, 0.6) is 0 Å². The molecule has 0 N–H and O–H groups in total. The maximum atomic E-state index is 12.3. The van der Waals surface area contributed by atoms with Crippen LogP contribution in [-0.4, -0.2) is 11.6 Å². The Morgan fingerprint density at radius 3 is 1.02 bits per heavy atom. The van der Waals surface area contributed by atoms with Crippen molar-refractivity contribution in [2.45, 2.75) is 169 Å². The van der Waals surface area contributed by atoms with Crippen molar-refractivity contribution < 1.29 is 9.59 Å². The predicted octanol–water partition coefficient (Wildman–Crippen LogP) is 12.8. The molecule has 0 aliphatic heterocycles. The van der Waals surface area contributed by atoms with Crippen molar-refractivity contribution in [3.8, 4) is 9.75 Å². The summed E-state index contributed by atoms with van der Waals surface area (Å²) >= 11 is 3.30. The second-order valence-corrected chi connectivity index (χ2v) is 14.0. The van der Waals surface area contributed by atoms with Crippen LogP contribution in [0.1, 0.15) is 187 Å². The Hall–Kier alpha value is -1.26. The highest BCUT2D eigenvalue weighted by Crippen LogP contribution is 2.42. The van der Waals surface area contributed by atoms with E-state index in [4.69, 9.17) is 0 Å². The Labute approximate surface area is 254 Å². The summed E-state index contributed by atoms with van der Waals surface area (Å²) in [6.45, 7) is 7.91. The largest absolute Gasteiger partial charge is 0.294 e. The highest BCUT2D eigenvalue weighted by molar-refractivity contribution is 7.24. The zero-order valence-electron chi connectivity index (χ0n) is 26.3. The van der Waals surface area contributed by atoms with Gasteiger partial charge in [0.2, 0.25) is 0 Å². The van der Waals surface area contributed by atoms with Gasteiger partial charge in [-0.1, -0.05) is 129 Å². The predicted molar refractivity (Wildman–Crippen MR) is 179 cm³/mol. The highest BCUT2D eigenvalue weighted by Gasteiger charge is 2.20. The molecule has 0 saturated heterocycles. The number of ketones is 2. The van der Waals surface area contributed by atoms with Gasteiger partial charge >= 0.3 is 0 Å². The second kappa shape index (κ2) is 21.4. The van der Waals surface area contributed by atoms with Crippen LogP contribution in [0.2, 0.25) is 0 Å². The summed E-state index contributed by atoms with van der Waals surface area (Å²) in [6, 6.07) is 4.29. The van der Waals surface area contributed by atoms with Gasteiger partial charge < -0.3 is 0 Å².